The molecule has 1 aromatic heterocycles. The molecule has 174 valence electrons. The van der Waals surface area contributed by atoms with Crippen molar-refractivity contribution >= 4 is 28.5 Å². The second-order valence-electron chi connectivity index (χ2n) is 8.67. The lowest BCUT2D eigenvalue weighted by molar-refractivity contribution is 0.0698. The Morgan fingerprint density at radius 1 is 1.24 bits per heavy atom. The highest BCUT2D eigenvalue weighted by Crippen LogP contribution is 2.29. The van der Waals surface area contributed by atoms with E-state index >= 15 is 0 Å². The van der Waals surface area contributed by atoms with Gasteiger partial charge in [-0.1, -0.05) is 18.2 Å². The van der Waals surface area contributed by atoms with Crippen molar-refractivity contribution in [3.63, 3.8) is 0 Å². The fraction of sp³-hybridized carbons (Fsp3) is 0.400. The van der Waals surface area contributed by atoms with Crippen LogP contribution in [-0.4, -0.2) is 46.9 Å². The van der Waals surface area contributed by atoms with Crippen LogP contribution < -0.4 is 15.8 Å². The zero-order valence-corrected chi connectivity index (χ0v) is 19.5. The van der Waals surface area contributed by atoms with Crippen molar-refractivity contribution in [3.05, 3.63) is 63.4 Å². The second-order valence-corrected chi connectivity index (χ2v) is 8.67. The summed E-state index contributed by atoms with van der Waals surface area (Å²) >= 11 is 0. The molecule has 0 spiro atoms. The van der Waals surface area contributed by atoms with E-state index < -0.39 is 5.97 Å². The van der Waals surface area contributed by atoms with E-state index in [1.54, 1.807) is 43.0 Å². The second kappa shape index (κ2) is 9.23. The number of ether oxygens (including phenoxy) is 1. The van der Waals surface area contributed by atoms with Crippen LogP contribution in [0.1, 0.15) is 47.3 Å². The number of rotatable bonds is 6. The Labute approximate surface area is 192 Å². The van der Waals surface area contributed by atoms with Crippen molar-refractivity contribution in [3.8, 4) is 0 Å². The summed E-state index contributed by atoms with van der Waals surface area (Å²) in [4.78, 5) is 32.1. The number of nitrogens with zero attached hydrogens (tertiary/aromatic N) is 3. The molecule has 2 aromatic carbocycles. The van der Waals surface area contributed by atoms with E-state index in [1.807, 2.05) is 26.0 Å². The van der Waals surface area contributed by atoms with Crippen LogP contribution in [0.3, 0.4) is 0 Å². The molecule has 2 heterocycles. The van der Waals surface area contributed by atoms with Crippen LogP contribution in [0, 0.1) is 6.92 Å². The minimum Gasteiger partial charge on any atom is -0.478 e. The van der Waals surface area contributed by atoms with Gasteiger partial charge in [-0.15, -0.1) is 0 Å². The van der Waals surface area contributed by atoms with Crippen molar-refractivity contribution in [2.75, 3.05) is 30.4 Å². The van der Waals surface area contributed by atoms with Crippen LogP contribution in [0.25, 0.3) is 10.9 Å². The van der Waals surface area contributed by atoms with Crippen molar-refractivity contribution < 1.29 is 14.6 Å². The van der Waals surface area contributed by atoms with Gasteiger partial charge in [-0.3, -0.25) is 9.36 Å². The van der Waals surface area contributed by atoms with E-state index in [2.05, 4.69) is 10.2 Å². The van der Waals surface area contributed by atoms with Crippen molar-refractivity contribution in [2.45, 2.75) is 38.8 Å². The fourth-order valence-electron chi connectivity index (χ4n) is 4.55. The maximum absolute atomic E-state index is 13.3. The molecule has 0 amide bonds. The fourth-order valence-corrected chi connectivity index (χ4v) is 4.55. The standard InChI is InChI=1S/C25H30N4O4/c1-15-13-19(16(2)26-21-8-6-5-7-18(21)24(31)32)22-20(14-15)23(30)28(3)25(27-22)29-11-9-17(33-4)10-12-29/h5-8,13-14,16-17,26H,9-12H2,1-4H3,(H,31,32)/t16-/m1/s1. The van der Waals surface area contributed by atoms with E-state index in [-0.39, 0.29) is 23.3 Å². The zero-order valence-electron chi connectivity index (χ0n) is 19.5. The summed E-state index contributed by atoms with van der Waals surface area (Å²) in [6.07, 6.45) is 2.00. The Morgan fingerprint density at radius 2 is 1.94 bits per heavy atom. The highest BCUT2D eigenvalue weighted by molar-refractivity contribution is 5.94. The molecule has 3 aromatic rings. The number of piperidine rings is 1. The third-order valence-electron chi connectivity index (χ3n) is 6.38. The number of aryl methyl sites for hydroxylation is 1. The number of aromatic nitrogens is 2. The van der Waals surface area contributed by atoms with Crippen LogP contribution in [-0.2, 0) is 11.8 Å². The summed E-state index contributed by atoms with van der Waals surface area (Å²) in [7, 11) is 3.50. The predicted molar refractivity (Wildman–Crippen MR) is 129 cm³/mol. The zero-order chi connectivity index (χ0) is 23.7. The van der Waals surface area contributed by atoms with Crippen molar-refractivity contribution in [1.29, 1.82) is 0 Å². The van der Waals surface area contributed by atoms with E-state index in [1.165, 1.54) is 0 Å². The molecule has 4 rings (SSSR count). The van der Waals surface area contributed by atoms with Crippen LogP contribution in [0.2, 0.25) is 0 Å². The highest BCUT2D eigenvalue weighted by atomic mass is 16.5. The van der Waals surface area contributed by atoms with Gasteiger partial charge in [0.25, 0.3) is 5.56 Å². The Kier molecular flexibility index (Phi) is 6.37. The number of hydrogen-bond acceptors (Lipinski definition) is 6. The molecular weight excluding hydrogens is 420 g/mol. The van der Waals surface area contributed by atoms with Crippen LogP contribution in [0.15, 0.2) is 41.2 Å². The van der Waals surface area contributed by atoms with Crippen molar-refractivity contribution in [2.24, 2.45) is 7.05 Å². The third-order valence-corrected chi connectivity index (χ3v) is 6.38. The summed E-state index contributed by atoms with van der Waals surface area (Å²) in [6, 6.07) is 10.4. The molecule has 0 saturated carbocycles. The topological polar surface area (TPSA) is 96.7 Å². The minimum atomic E-state index is -0.992. The van der Waals surface area contributed by atoms with E-state index in [4.69, 9.17) is 9.72 Å². The van der Waals surface area contributed by atoms with E-state index in [0.29, 0.717) is 22.5 Å². The van der Waals surface area contributed by atoms with Crippen LogP contribution in [0.4, 0.5) is 11.6 Å². The predicted octanol–water partition coefficient (Wildman–Crippen LogP) is 3.73. The lowest BCUT2D eigenvalue weighted by Gasteiger charge is -2.33. The van der Waals surface area contributed by atoms with E-state index in [0.717, 1.165) is 37.1 Å². The molecular formula is C25H30N4O4. The molecule has 8 heteroatoms. The first-order valence-electron chi connectivity index (χ1n) is 11.2. The molecule has 1 atom stereocenters. The maximum Gasteiger partial charge on any atom is 0.337 e. The Morgan fingerprint density at radius 3 is 2.61 bits per heavy atom. The number of nitrogens with one attached hydrogen (secondary N) is 1. The molecule has 2 N–H and O–H groups in total. The Bertz CT molecular complexity index is 1250. The number of carbonyl (C=O) groups is 1. The van der Waals surface area contributed by atoms with Gasteiger partial charge < -0.3 is 20.1 Å². The summed E-state index contributed by atoms with van der Waals surface area (Å²) in [5.41, 5.74) is 3.08. The van der Waals surface area contributed by atoms with Crippen LogP contribution in [0.5, 0.6) is 0 Å². The van der Waals surface area contributed by atoms with Gasteiger partial charge in [-0.25, -0.2) is 9.78 Å². The number of carboxylic acid groups (broad SMARTS) is 1. The average molecular weight is 451 g/mol. The molecule has 0 aliphatic carbocycles. The van der Waals surface area contributed by atoms with Gasteiger partial charge >= 0.3 is 5.97 Å². The molecule has 33 heavy (non-hydrogen) atoms. The summed E-state index contributed by atoms with van der Waals surface area (Å²) in [6.45, 7) is 5.44. The number of aromatic carboxylic acids is 1. The molecule has 0 unspecified atom stereocenters. The highest BCUT2D eigenvalue weighted by Gasteiger charge is 2.24. The SMILES string of the molecule is COC1CCN(c2nc3c([C@@H](C)Nc4ccccc4C(=O)O)cc(C)cc3c(=O)n2C)CC1. The van der Waals surface area contributed by atoms with Gasteiger partial charge in [0, 0.05) is 38.5 Å². The number of hydrogen-bond donors (Lipinski definition) is 2. The van der Waals surface area contributed by atoms with Gasteiger partial charge in [0.15, 0.2) is 0 Å². The first kappa shape index (κ1) is 22.8. The van der Waals surface area contributed by atoms with Crippen molar-refractivity contribution in [1.82, 2.24) is 9.55 Å². The monoisotopic (exact) mass is 450 g/mol. The Hall–Kier alpha value is -3.39. The maximum atomic E-state index is 13.3. The molecule has 0 radical (unpaired) electrons. The lowest BCUT2D eigenvalue weighted by Crippen LogP contribution is -2.40. The summed E-state index contributed by atoms with van der Waals surface area (Å²) in [5, 5.41) is 13.4. The average Bonchev–Trinajstić information content (AvgIpc) is 2.81. The van der Waals surface area contributed by atoms with Gasteiger partial charge in [0.2, 0.25) is 5.95 Å². The van der Waals surface area contributed by atoms with Gasteiger partial charge in [0.1, 0.15) is 0 Å². The molecule has 0 bridgehead atoms. The molecule has 8 nitrogen and oxygen atoms in total. The number of fused-ring (bicyclic) bond motifs is 1. The smallest absolute Gasteiger partial charge is 0.337 e. The van der Waals surface area contributed by atoms with Gasteiger partial charge in [-0.2, -0.15) is 0 Å². The van der Waals surface area contributed by atoms with Gasteiger partial charge in [-0.05, 0) is 50.5 Å². The molecule has 1 fully saturated rings. The number of para-hydroxylation sites is 1. The third kappa shape index (κ3) is 4.43. The first-order valence-corrected chi connectivity index (χ1v) is 11.2. The lowest BCUT2D eigenvalue weighted by atomic mass is 10.0. The summed E-state index contributed by atoms with van der Waals surface area (Å²) < 4.78 is 7.10. The minimum absolute atomic E-state index is 0.0908. The Balaban J connectivity index is 1.78. The molecule has 1 aliphatic heterocycles. The van der Waals surface area contributed by atoms with E-state index in [9.17, 15) is 14.7 Å². The molecule has 1 aliphatic rings. The normalized spacial score (nSPS) is 15.6. The number of benzene rings is 2. The first-order chi connectivity index (χ1) is 15.8. The van der Waals surface area contributed by atoms with Crippen LogP contribution >= 0.6 is 0 Å². The quantitative estimate of drug-likeness (QED) is 0.591. The van der Waals surface area contributed by atoms with Gasteiger partial charge in [0.05, 0.1) is 28.6 Å². The molecule has 1 saturated heterocycles. The summed E-state index contributed by atoms with van der Waals surface area (Å²) in [5.74, 6) is -0.349. The number of methoxy groups -OCH3 is 1. The largest absolute Gasteiger partial charge is 0.478 e. The number of carboxylic acids is 1. The number of anilines is 2.